The summed E-state index contributed by atoms with van der Waals surface area (Å²) in [5.41, 5.74) is 0.671. The molecule has 1 atom stereocenters. The van der Waals surface area contributed by atoms with Crippen LogP contribution in [0.3, 0.4) is 0 Å². The van der Waals surface area contributed by atoms with Crippen LogP contribution in [0.25, 0.3) is 0 Å². The highest BCUT2D eigenvalue weighted by atomic mass is 16.5. The van der Waals surface area contributed by atoms with Crippen molar-refractivity contribution in [3.05, 3.63) is 67.0 Å². The first-order chi connectivity index (χ1) is 14.7. The molecule has 1 saturated heterocycles. The van der Waals surface area contributed by atoms with Gasteiger partial charge in [-0.25, -0.2) is 4.98 Å². The Morgan fingerprint density at radius 2 is 2.13 bits per heavy atom. The summed E-state index contributed by atoms with van der Waals surface area (Å²) >= 11 is 0. The molecule has 4 rings (SSSR count). The molecule has 0 spiro atoms. The molecule has 3 heterocycles. The number of likely N-dealkylation sites (tertiary alicyclic amines) is 1. The van der Waals surface area contributed by atoms with E-state index in [0.717, 1.165) is 44.8 Å². The van der Waals surface area contributed by atoms with Crippen LogP contribution in [-0.2, 0) is 17.9 Å². The van der Waals surface area contributed by atoms with Crippen molar-refractivity contribution >= 4 is 11.6 Å². The molecular formula is C23H27N5O2. The number of nitrogens with one attached hydrogen (secondary N) is 1. The van der Waals surface area contributed by atoms with E-state index in [1.165, 1.54) is 0 Å². The summed E-state index contributed by atoms with van der Waals surface area (Å²) in [6, 6.07) is 11.1. The van der Waals surface area contributed by atoms with Gasteiger partial charge in [0.15, 0.2) is 5.75 Å². The smallest absolute Gasteiger partial charge is 0.228 e. The average molecular weight is 406 g/mol. The summed E-state index contributed by atoms with van der Waals surface area (Å²) in [6.45, 7) is 5.50. The highest BCUT2D eigenvalue weighted by molar-refractivity contribution is 5.94. The van der Waals surface area contributed by atoms with Crippen LogP contribution in [0.15, 0.2) is 61.2 Å². The van der Waals surface area contributed by atoms with E-state index in [1.807, 2.05) is 48.8 Å². The molecule has 0 saturated carbocycles. The number of aryl methyl sites for hydroxylation is 1. The van der Waals surface area contributed by atoms with Gasteiger partial charge in [0.1, 0.15) is 11.6 Å². The van der Waals surface area contributed by atoms with E-state index in [0.29, 0.717) is 17.2 Å². The number of para-hydroxylation sites is 2. The van der Waals surface area contributed by atoms with Crippen molar-refractivity contribution < 1.29 is 9.53 Å². The number of anilines is 1. The summed E-state index contributed by atoms with van der Waals surface area (Å²) < 4.78 is 8.06. The summed E-state index contributed by atoms with van der Waals surface area (Å²) in [4.78, 5) is 23.9. The largest absolute Gasteiger partial charge is 0.454 e. The van der Waals surface area contributed by atoms with Crippen LogP contribution in [0.1, 0.15) is 25.6 Å². The zero-order chi connectivity index (χ0) is 20.8. The van der Waals surface area contributed by atoms with Crippen LogP contribution < -0.4 is 10.1 Å². The Morgan fingerprint density at radius 1 is 1.23 bits per heavy atom. The van der Waals surface area contributed by atoms with E-state index in [4.69, 9.17) is 4.74 Å². The number of carbonyl (C=O) groups excluding carboxylic acids is 1. The summed E-state index contributed by atoms with van der Waals surface area (Å²) in [5, 5.41) is 3.07. The van der Waals surface area contributed by atoms with Gasteiger partial charge in [-0.15, -0.1) is 0 Å². The summed E-state index contributed by atoms with van der Waals surface area (Å²) in [5.74, 6) is 2.26. The third-order valence-electron chi connectivity index (χ3n) is 5.39. The molecule has 156 valence electrons. The SMILES string of the molecule is CCn1ccnc1CN1CCC[C@@H](C(=O)Nc2ccccc2Oc2cccnc2)C1. The van der Waals surface area contributed by atoms with Gasteiger partial charge >= 0.3 is 0 Å². The minimum absolute atomic E-state index is 0.0285. The predicted molar refractivity (Wildman–Crippen MR) is 115 cm³/mol. The van der Waals surface area contributed by atoms with Crippen molar-refractivity contribution in [3.63, 3.8) is 0 Å². The molecule has 3 aromatic rings. The van der Waals surface area contributed by atoms with Gasteiger partial charge in [0, 0.05) is 31.7 Å². The fourth-order valence-electron chi connectivity index (χ4n) is 3.82. The van der Waals surface area contributed by atoms with Crippen molar-refractivity contribution in [2.45, 2.75) is 32.9 Å². The van der Waals surface area contributed by atoms with E-state index < -0.39 is 0 Å². The predicted octanol–water partition coefficient (Wildman–Crippen LogP) is 3.94. The van der Waals surface area contributed by atoms with E-state index in [2.05, 4.69) is 31.7 Å². The van der Waals surface area contributed by atoms with E-state index in [-0.39, 0.29) is 11.8 Å². The Kier molecular flexibility index (Phi) is 6.39. The Hall–Kier alpha value is -3.19. The molecule has 0 aliphatic carbocycles. The molecule has 2 aromatic heterocycles. The van der Waals surface area contributed by atoms with Gasteiger partial charge in [-0.1, -0.05) is 12.1 Å². The number of imidazole rings is 1. The van der Waals surface area contributed by atoms with Gasteiger partial charge < -0.3 is 14.6 Å². The Bertz CT molecular complexity index is 972. The van der Waals surface area contributed by atoms with Crippen LogP contribution in [0, 0.1) is 5.92 Å². The molecule has 7 nitrogen and oxygen atoms in total. The maximum absolute atomic E-state index is 13.0. The first-order valence-electron chi connectivity index (χ1n) is 10.4. The second kappa shape index (κ2) is 9.54. The maximum Gasteiger partial charge on any atom is 0.228 e. The lowest BCUT2D eigenvalue weighted by Gasteiger charge is -2.31. The number of aromatic nitrogens is 3. The molecular weight excluding hydrogens is 378 g/mol. The third kappa shape index (κ3) is 4.86. The Morgan fingerprint density at radius 3 is 2.97 bits per heavy atom. The minimum atomic E-state index is -0.0600. The number of hydrogen-bond acceptors (Lipinski definition) is 5. The van der Waals surface area contributed by atoms with Crippen LogP contribution in [0.2, 0.25) is 0 Å². The Balaban J connectivity index is 1.40. The number of amides is 1. The van der Waals surface area contributed by atoms with Gasteiger partial charge in [0.05, 0.1) is 24.3 Å². The Labute approximate surface area is 176 Å². The quantitative estimate of drug-likeness (QED) is 0.645. The standard InChI is InChI=1S/C23H27N5O2/c1-2-28-14-12-25-22(28)17-27-13-6-7-18(16-27)23(29)26-20-9-3-4-10-21(20)30-19-8-5-11-24-15-19/h3-5,8-12,14-15,18H,2,6-7,13,16-17H2,1H3,(H,26,29)/t18-/m1/s1. The molecule has 0 bridgehead atoms. The number of pyridine rings is 1. The van der Waals surface area contributed by atoms with Gasteiger partial charge in [-0.2, -0.15) is 0 Å². The number of nitrogens with zero attached hydrogens (tertiary/aromatic N) is 4. The van der Waals surface area contributed by atoms with E-state index in [1.54, 1.807) is 12.4 Å². The van der Waals surface area contributed by atoms with E-state index in [9.17, 15) is 4.79 Å². The number of ether oxygens (including phenoxy) is 1. The first kappa shape index (κ1) is 20.1. The zero-order valence-corrected chi connectivity index (χ0v) is 17.2. The van der Waals surface area contributed by atoms with Crippen molar-refractivity contribution in [1.82, 2.24) is 19.4 Å². The second-order valence-corrected chi connectivity index (χ2v) is 7.48. The number of rotatable bonds is 7. The van der Waals surface area contributed by atoms with Gasteiger partial charge in [-0.3, -0.25) is 14.7 Å². The monoisotopic (exact) mass is 405 g/mol. The summed E-state index contributed by atoms with van der Waals surface area (Å²) in [7, 11) is 0. The second-order valence-electron chi connectivity index (χ2n) is 7.48. The number of piperidine rings is 1. The molecule has 1 aliphatic rings. The van der Waals surface area contributed by atoms with Crippen molar-refractivity contribution in [2.75, 3.05) is 18.4 Å². The highest BCUT2D eigenvalue weighted by Crippen LogP contribution is 2.30. The van der Waals surface area contributed by atoms with Gasteiger partial charge in [-0.05, 0) is 50.6 Å². The fourth-order valence-corrected chi connectivity index (χ4v) is 3.82. The highest BCUT2D eigenvalue weighted by Gasteiger charge is 2.27. The topological polar surface area (TPSA) is 72.3 Å². The maximum atomic E-state index is 13.0. The molecule has 0 unspecified atom stereocenters. The van der Waals surface area contributed by atoms with Gasteiger partial charge in [0.25, 0.3) is 0 Å². The third-order valence-corrected chi connectivity index (χ3v) is 5.39. The zero-order valence-electron chi connectivity index (χ0n) is 17.2. The molecule has 1 fully saturated rings. The fraction of sp³-hybridized carbons (Fsp3) is 0.348. The van der Waals surface area contributed by atoms with Crippen molar-refractivity contribution in [3.8, 4) is 11.5 Å². The summed E-state index contributed by atoms with van der Waals surface area (Å²) in [6.07, 6.45) is 9.07. The molecule has 1 N–H and O–H groups in total. The lowest BCUT2D eigenvalue weighted by atomic mass is 9.97. The number of benzene rings is 1. The number of carbonyl (C=O) groups is 1. The lowest BCUT2D eigenvalue weighted by Crippen LogP contribution is -2.40. The molecule has 30 heavy (non-hydrogen) atoms. The van der Waals surface area contributed by atoms with Crippen LogP contribution in [0.4, 0.5) is 5.69 Å². The number of hydrogen-bond donors (Lipinski definition) is 1. The van der Waals surface area contributed by atoms with Crippen molar-refractivity contribution in [2.24, 2.45) is 5.92 Å². The average Bonchev–Trinajstić information content (AvgIpc) is 3.23. The van der Waals surface area contributed by atoms with Crippen LogP contribution in [0.5, 0.6) is 11.5 Å². The molecule has 1 aromatic carbocycles. The molecule has 1 amide bonds. The minimum Gasteiger partial charge on any atom is -0.454 e. The molecule has 7 heteroatoms. The van der Waals surface area contributed by atoms with Crippen LogP contribution >= 0.6 is 0 Å². The normalized spacial score (nSPS) is 16.9. The van der Waals surface area contributed by atoms with E-state index >= 15 is 0 Å². The molecule has 1 aliphatic heterocycles. The van der Waals surface area contributed by atoms with Gasteiger partial charge in [0.2, 0.25) is 5.91 Å². The van der Waals surface area contributed by atoms with Crippen molar-refractivity contribution in [1.29, 1.82) is 0 Å². The van der Waals surface area contributed by atoms with Crippen LogP contribution in [-0.4, -0.2) is 38.4 Å². The lowest BCUT2D eigenvalue weighted by molar-refractivity contribution is -0.121. The molecule has 0 radical (unpaired) electrons. The first-order valence-corrected chi connectivity index (χ1v) is 10.4.